The van der Waals surface area contributed by atoms with E-state index in [4.69, 9.17) is 0 Å². The van der Waals surface area contributed by atoms with Gasteiger partial charge < -0.3 is 0 Å². The van der Waals surface area contributed by atoms with E-state index in [-0.39, 0.29) is 0 Å². The number of rotatable bonds is 6. The molecule has 1 atom stereocenters. The van der Waals surface area contributed by atoms with Gasteiger partial charge in [-0.1, -0.05) is 0 Å². The third-order valence-corrected chi connectivity index (χ3v) is 6.92. The van der Waals surface area contributed by atoms with E-state index in [9.17, 15) is 7.84 Å². The molecule has 0 bridgehead atoms. The summed E-state index contributed by atoms with van der Waals surface area (Å²) in [4.78, 5) is 0. The standard InChI is InChI=1S/C12H19AsO2/c1-2-10-13(14,15)11-6-9-12-7-4-3-5-8-12/h3-5,7-8H,2,6,9-11H2,1H3,(H,14,15). The fourth-order valence-corrected chi connectivity index (χ4v) is 4.94. The van der Waals surface area contributed by atoms with Crippen molar-refractivity contribution in [3.63, 3.8) is 0 Å². The van der Waals surface area contributed by atoms with Crippen LogP contribution in [0.3, 0.4) is 0 Å². The molecule has 0 heterocycles. The van der Waals surface area contributed by atoms with Crippen LogP contribution in [0.1, 0.15) is 25.3 Å². The van der Waals surface area contributed by atoms with Crippen LogP contribution in [0.5, 0.6) is 0 Å². The van der Waals surface area contributed by atoms with Crippen molar-refractivity contribution < 1.29 is 7.84 Å². The van der Waals surface area contributed by atoms with Gasteiger partial charge in [-0.2, -0.15) is 0 Å². The van der Waals surface area contributed by atoms with Gasteiger partial charge in [-0.05, 0) is 0 Å². The summed E-state index contributed by atoms with van der Waals surface area (Å²) in [5, 5.41) is 1.04. The first-order valence-electron chi connectivity index (χ1n) is 5.49. The molecule has 0 saturated heterocycles. The van der Waals surface area contributed by atoms with Gasteiger partial charge in [0.2, 0.25) is 0 Å². The van der Waals surface area contributed by atoms with Crippen molar-refractivity contribution in [2.75, 3.05) is 0 Å². The van der Waals surface area contributed by atoms with E-state index in [2.05, 4.69) is 12.1 Å². The zero-order valence-corrected chi connectivity index (χ0v) is 11.1. The molecule has 1 rings (SSSR count). The molecule has 1 aromatic carbocycles. The molecule has 1 unspecified atom stereocenters. The first kappa shape index (κ1) is 12.6. The third-order valence-electron chi connectivity index (χ3n) is 2.39. The summed E-state index contributed by atoms with van der Waals surface area (Å²) in [5.74, 6) is 0. The SMILES string of the molecule is CCC[As](=O)(O)CCCc1ccccc1. The van der Waals surface area contributed by atoms with Crippen molar-refractivity contribution in [1.82, 2.24) is 0 Å². The van der Waals surface area contributed by atoms with Gasteiger partial charge in [0.25, 0.3) is 0 Å². The summed E-state index contributed by atoms with van der Waals surface area (Å²) in [6.07, 6.45) is 2.56. The van der Waals surface area contributed by atoms with Gasteiger partial charge in [0, 0.05) is 0 Å². The van der Waals surface area contributed by atoms with Crippen LogP contribution in [-0.2, 0) is 10.2 Å². The molecule has 3 heteroatoms. The predicted molar refractivity (Wildman–Crippen MR) is 63.3 cm³/mol. The second kappa shape index (κ2) is 6.19. The second-order valence-corrected chi connectivity index (χ2v) is 9.31. The summed E-state index contributed by atoms with van der Waals surface area (Å²) in [6, 6.07) is 10.1. The van der Waals surface area contributed by atoms with E-state index < -0.39 is 13.8 Å². The Balaban J connectivity index is 2.31. The maximum absolute atomic E-state index is 11.6. The average Bonchev–Trinajstić information content (AvgIpc) is 2.19. The Bertz CT molecular complexity index is 322. The fourth-order valence-electron chi connectivity index (χ4n) is 1.64. The van der Waals surface area contributed by atoms with Crippen molar-refractivity contribution in [1.29, 1.82) is 0 Å². The minimum atomic E-state index is -3.44. The van der Waals surface area contributed by atoms with Gasteiger partial charge in [-0.15, -0.1) is 0 Å². The number of aryl methyl sites for hydroxylation is 1. The summed E-state index contributed by atoms with van der Waals surface area (Å²) >= 11 is -3.44. The Morgan fingerprint density at radius 1 is 1.20 bits per heavy atom. The third kappa shape index (κ3) is 5.24. The van der Waals surface area contributed by atoms with Gasteiger partial charge in [-0.25, -0.2) is 0 Å². The van der Waals surface area contributed by atoms with Gasteiger partial charge >= 0.3 is 94.2 Å². The summed E-state index contributed by atoms with van der Waals surface area (Å²) in [7, 11) is 0. The minimum absolute atomic E-state index is 0.515. The molecule has 2 nitrogen and oxygen atoms in total. The second-order valence-electron chi connectivity index (χ2n) is 3.88. The molecule has 0 aliphatic rings. The van der Waals surface area contributed by atoms with E-state index in [1.807, 2.05) is 25.1 Å². The molecule has 0 fully saturated rings. The fraction of sp³-hybridized carbons (Fsp3) is 0.500. The molecular weight excluding hydrogens is 251 g/mol. The summed E-state index contributed by atoms with van der Waals surface area (Å²) in [5.41, 5.74) is 1.25. The average molecular weight is 270 g/mol. The topological polar surface area (TPSA) is 37.3 Å². The monoisotopic (exact) mass is 270 g/mol. The van der Waals surface area contributed by atoms with Crippen molar-refractivity contribution in [3.05, 3.63) is 35.9 Å². The van der Waals surface area contributed by atoms with E-state index in [0.29, 0.717) is 10.4 Å². The number of benzene rings is 1. The summed E-state index contributed by atoms with van der Waals surface area (Å²) in [6.45, 7) is 1.96. The van der Waals surface area contributed by atoms with E-state index in [1.165, 1.54) is 5.56 Å². The molecule has 84 valence electrons. The Kier molecular flexibility index (Phi) is 5.21. The van der Waals surface area contributed by atoms with E-state index >= 15 is 0 Å². The van der Waals surface area contributed by atoms with Crippen LogP contribution >= 0.6 is 0 Å². The Labute approximate surface area is 94.4 Å². The van der Waals surface area contributed by atoms with Crippen LogP contribution in [0, 0.1) is 0 Å². The summed E-state index contributed by atoms with van der Waals surface area (Å²) < 4.78 is 21.2. The number of hydrogen-bond donors (Lipinski definition) is 1. The zero-order valence-electron chi connectivity index (χ0n) is 9.22. The molecule has 0 amide bonds. The van der Waals surface area contributed by atoms with Crippen LogP contribution in [0.25, 0.3) is 0 Å². The Morgan fingerprint density at radius 2 is 1.87 bits per heavy atom. The van der Waals surface area contributed by atoms with Gasteiger partial charge in [-0.3, -0.25) is 0 Å². The zero-order chi connectivity index (χ0) is 11.1. The van der Waals surface area contributed by atoms with Crippen molar-refractivity contribution in [2.24, 2.45) is 0 Å². The van der Waals surface area contributed by atoms with Crippen molar-refractivity contribution >= 4 is 13.8 Å². The van der Waals surface area contributed by atoms with Gasteiger partial charge in [0.15, 0.2) is 0 Å². The van der Waals surface area contributed by atoms with Crippen molar-refractivity contribution in [2.45, 2.75) is 36.6 Å². The van der Waals surface area contributed by atoms with Gasteiger partial charge in [0.1, 0.15) is 0 Å². The molecule has 0 radical (unpaired) electrons. The van der Waals surface area contributed by atoms with Crippen molar-refractivity contribution in [3.8, 4) is 0 Å². The molecule has 0 aliphatic heterocycles. The molecule has 0 spiro atoms. The normalized spacial score (nSPS) is 14.8. The first-order valence-corrected chi connectivity index (χ1v) is 9.75. The van der Waals surface area contributed by atoms with Crippen LogP contribution in [-0.4, -0.2) is 17.9 Å². The Morgan fingerprint density at radius 3 is 2.47 bits per heavy atom. The molecule has 0 aliphatic carbocycles. The number of hydrogen-bond acceptors (Lipinski definition) is 1. The molecule has 15 heavy (non-hydrogen) atoms. The van der Waals surface area contributed by atoms with E-state index in [0.717, 1.165) is 19.3 Å². The van der Waals surface area contributed by atoms with Gasteiger partial charge in [0.05, 0.1) is 0 Å². The van der Waals surface area contributed by atoms with Crippen LogP contribution in [0.2, 0.25) is 10.4 Å². The maximum atomic E-state index is 11.6. The Hall–Kier alpha value is -0.462. The predicted octanol–water partition coefficient (Wildman–Crippen LogP) is 2.89. The van der Waals surface area contributed by atoms with Crippen LogP contribution in [0.15, 0.2) is 30.3 Å². The first-order chi connectivity index (χ1) is 7.14. The molecule has 1 aromatic rings. The van der Waals surface area contributed by atoms with Crippen LogP contribution in [0.4, 0.5) is 0 Å². The molecule has 1 N–H and O–H groups in total. The molecular formula is C12H19AsO2. The molecule has 0 aromatic heterocycles. The van der Waals surface area contributed by atoms with Crippen LogP contribution < -0.4 is 0 Å². The van der Waals surface area contributed by atoms with E-state index in [1.54, 1.807) is 0 Å². The molecule has 0 saturated carbocycles. The quantitative estimate of drug-likeness (QED) is 0.807.